The lowest BCUT2D eigenvalue weighted by molar-refractivity contribution is -0.117. The predicted molar refractivity (Wildman–Crippen MR) is 167 cm³/mol. The Morgan fingerprint density at radius 1 is 1.24 bits per heavy atom. The van der Waals surface area contributed by atoms with Gasteiger partial charge in [-0.2, -0.15) is 5.10 Å². The second-order valence-corrected chi connectivity index (χ2v) is 10.0. The van der Waals surface area contributed by atoms with Crippen molar-refractivity contribution in [2.75, 3.05) is 32.5 Å². The van der Waals surface area contributed by atoms with Gasteiger partial charge in [-0.25, -0.2) is 0 Å². The highest BCUT2D eigenvalue weighted by Crippen LogP contribution is 2.29. The number of benzene rings is 1. The van der Waals surface area contributed by atoms with E-state index in [1.54, 1.807) is 36.3 Å². The number of hydrogen-bond donors (Lipinski definition) is 3. The number of nitrogens with zero attached hydrogens (tertiary/aromatic N) is 4. The first-order valence-corrected chi connectivity index (χ1v) is 13.6. The number of hydrogen-bond acceptors (Lipinski definition) is 6. The summed E-state index contributed by atoms with van der Waals surface area (Å²) in [6.45, 7) is 15.7. The smallest absolute Gasteiger partial charge is 0.272 e. The molecule has 1 aromatic heterocycles. The third-order valence-electron chi connectivity index (χ3n) is 6.38. The van der Waals surface area contributed by atoms with E-state index in [1.165, 1.54) is 0 Å². The molecule has 4 N–H and O–H groups in total. The highest BCUT2D eigenvalue weighted by Gasteiger charge is 2.23. The summed E-state index contributed by atoms with van der Waals surface area (Å²) in [4.78, 5) is 29.8. The number of likely N-dealkylation sites (N-methyl/N-ethyl adjacent to an activating group) is 1. The standard InChI is InChI=1S/C32H41N7O2/c1-8-26-30-27(14-11-15-29(30)39(36-26)21-22(3)12-10-13-23(4)33)35-32(41)28(9-2)38-18-16-25(20-24(38)5)31(40)34-17-19-37(6)7/h9-16,18,20H,3,5,8,17,19,21,33H2,1-2,4,6-7H3,(H,34,40)(H,35,41)/b12-10-,23-13-,28-9-. The van der Waals surface area contributed by atoms with E-state index in [0.29, 0.717) is 47.9 Å². The van der Waals surface area contributed by atoms with E-state index in [0.717, 1.165) is 28.7 Å². The molecule has 9 heteroatoms. The van der Waals surface area contributed by atoms with Crippen LogP contribution >= 0.6 is 0 Å². The Bertz CT molecular complexity index is 1480. The summed E-state index contributed by atoms with van der Waals surface area (Å²) in [7, 11) is 3.90. The summed E-state index contributed by atoms with van der Waals surface area (Å²) in [5.41, 5.74) is 11.1. The van der Waals surface area contributed by atoms with Gasteiger partial charge in [-0.05, 0) is 70.3 Å². The van der Waals surface area contributed by atoms with Crippen molar-refractivity contribution in [3.63, 3.8) is 0 Å². The summed E-state index contributed by atoms with van der Waals surface area (Å²) in [5.74, 6) is -0.487. The van der Waals surface area contributed by atoms with Gasteiger partial charge >= 0.3 is 0 Å². The number of nitrogens with two attached hydrogens (primary N) is 1. The van der Waals surface area contributed by atoms with Gasteiger partial charge in [-0.3, -0.25) is 14.3 Å². The topological polar surface area (TPSA) is 109 Å². The van der Waals surface area contributed by atoms with Crippen LogP contribution in [-0.2, 0) is 22.6 Å². The summed E-state index contributed by atoms with van der Waals surface area (Å²) in [6.07, 6.45) is 13.1. The molecule has 0 saturated heterocycles. The second kappa shape index (κ2) is 14.1. The highest BCUT2D eigenvalue weighted by atomic mass is 16.2. The van der Waals surface area contributed by atoms with Gasteiger partial charge in [0.25, 0.3) is 11.8 Å². The molecule has 1 aliphatic heterocycles. The Hall–Kier alpha value is -4.63. The Kier molecular flexibility index (Phi) is 10.7. The quantitative estimate of drug-likeness (QED) is 0.265. The number of aromatic nitrogens is 2. The summed E-state index contributed by atoms with van der Waals surface area (Å²) >= 11 is 0. The number of amides is 2. The molecule has 0 fully saturated rings. The molecule has 1 aliphatic rings. The molecule has 3 rings (SSSR count). The molecule has 2 aromatic rings. The first kappa shape index (κ1) is 30.9. The lowest BCUT2D eigenvalue weighted by atomic mass is 10.1. The molecule has 0 aliphatic carbocycles. The summed E-state index contributed by atoms with van der Waals surface area (Å²) < 4.78 is 1.90. The monoisotopic (exact) mass is 555 g/mol. The van der Waals surface area contributed by atoms with Gasteiger partial charge < -0.3 is 26.2 Å². The molecular formula is C32H41N7O2. The predicted octanol–water partition coefficient (Wildman–Crippen LogP) is 4.36. The maximum absolute atomic E-state index is 13.5. The lowest BCUT2D eigenvalue weighted by Crippen LogP contribution is -2.33. The lowest BCUT2D eigenvalue weighted by Gasteiger charge is -2.26. The Labute approximate surface area is 242 Å². The van der Waals surface area contributed by atoms with E-state index in [-0.39, 0.29) is 11.8 Å². The average molecular weight is 556 g/mol. The minimum Gasteiger partial charge on any atom is -0.402 e. The van der Waals surface area contributed by atoms with Crippen molar-refractivity contribution in [2.45, 2.75) is 33.7 Å². The molecule has 0 unspecified atom stereocenters. The van der Waals surface area contributed by atoms with E-state index in [2.05, 4.69) is 23.8 Å². The van der Waals surface area contributed by atoms with Crippen LogP contribution in [0.25, 0.3) is 10.9 Å². The van der Waals surface area contributed by atoms with E-state index >= 15 is 0 Å². The number of carbonyl (C=O) groups excluding carboxylic acids is 2. The Morgan fingerprint density at radius 3 is 2.63 bits per heavy atom. The van der Waals surface area contributed by atoms with Gasteiger partial charge in [0.2, 0.25) is 0 Å². The number of rotatable bonds is 12. The van der Waals surface area contributed by atoms with Crippen LogP contribution in [-0.4, -0.2) is 58.6 Å². The zero-order chi connectivity index (χ0) is 30.1. The van der Waals surface area contributed by atoms with Crippen LogP contribution in [0.3, 0.4) is 0 Å². The van der Waals surface area contributed by atoms with Crippen LogP contribution in [0.2, 0.25) is 0 Å². The molecule has 0 radical (unpaired) electrons. The van der Waals surface area contributed by atoms with Crippen molar-refractivity contribution in [1.82, 2.24) is 24.9 Å². The van der Waals surface area contributed by atoms with Gasteiger partial charge in [0.1, 0.15) is 5.70 Å². The number of nitrogens with one attached hydrogen (secondary N) is 2. The van der Waals surface area contributed by atoms with Crippen LogP contribution in [0, 0.1) is 0 Å². The van der Waals surface area contributed by atoms with Crippen LogP contribution < -0.4 is 16.4 Å². The van der Waals surface area contributed by atoms with E-state index in [9.17, 15) is 9.59 Å². The Morgan fingerprint density at radius 2 is 2.00 bits per heavy atom. The van der Waals surface area contributed by atoms with E-state index in [4.69, 9.17) is 10.8 Å². The van der Waals surface area contributed by atoms with Crippen LogP contribution in [0.4, 0.5) is 5.69 Å². The van der Waals surface area contributed by atoms with Gasteiger partial charge in [0, 0.05) is 41.6 Å². The number of anilines is 1. The van der Waals surface area contributed by atoms with E-state index in [1.807, 2.05) is 74.0 Å². The largest absolute Gasteiger partial charge is 0.402 e. The summed E-state index contributed by atoms with van der Waals surface area (Å²) in [5, 5.41) is 11.7. The molecule has 216 valence electrons. The summed E-state index contributed by atoms with van der Waals surface area (Å²) in [6, 6.07) is 5.76. The molecule has 1 aromatic carbocycles. The highest BCUT2D eigenvalue weighted by molar-refractivity contribution is 6.09. The molecule has 2 amide bonds. The van der Waals surface area contributed by atoms with Gasteiger partial charge in [-0.15, -0.1) is 0 Å². The zero-order valence-electron chi connectivity index (χ0n) is 24.7. The minimum absolute atomic E-state index is 0.185. The maximum atomic E-state index is 13.5. The van der Waals surface area contributed by atoms with Crippen molar-refractivity contribution in [3.05, 3.63) is 108 Å². The van der Waals surface area contributed by atoms with Crippen molar-refractivity contribution in [2.24, 2.45) is 5.73 Å². The molecule has 0 atom stereocenters. The maximum Gasteiger partial charge on any atom is 0.272 e. The van der Waals surface area contributed by atoms with E-state index < -0.39 is 0 Å². The fraction of sp³-hybridized carbons (Fsp3) is 0.281. The minimum atomic E-state index is -0.302. The molecule has 0 bridgehead atoms. The van der Waals surface area contributed by atoms with Crippen LogP contribution in [0.1, 0.15) is 26.5 Å². The number of aryl methyl sites for hydroxylation is 1. The molecular weight excluding hydrogens is 514 g/mol. The van der Waals surface area contributed by atoms with Gasteiger partial charge in [0.15, 0.2) is 0 Å². The fourth-order valence-corrected chi connectivity index (χ4v) is 4.35. The first-order chi connectivity index (χ1) is 19.5. The van der Waals surface area contributed by atoms with Crippen LogP contribution in [0.15, 0.2) is 102 Å². The molecule has 0 spiro atoms. The average Bonchev–Trinajstić information content (AvgIpc) is 3.27. The van der Waals surface area contributed by atoms with Crippen molar-refractivity contribution in [3.8, 4) is 0 Å². The third-order valence-corrected chi connectivity index (χ3v) is 6.38. The van der Waals surface area contributed by atoms with Gasteiger partial charge in [0.05, 0.1) is 23.4 Å². The number of fused-ring (bicyclic) bond motifs is 1. The van der Waals surface area contributed by atoms with Crippen molar-refractivity contribution < 1.29 is 9.59 Å². The first-order valence-electron chi connectivity index (χ1n) is 13.6. The second-order valence-electron chi connectivity index (χ2n) is 10.0. The third kappa shape index (κ3) is 7.95. The fourth-order valence-electron chi connectivity index (χ4n) is 4.35. The molecule has 2 heterocycles. The SMILES string of the molecule is C=C(/C=C\C=C(\C)N)Cn1nc(CC)c2c(NC(=O)/C(=C/C)N3C=CC(C(=O)NCCN(C)C)=CC3=C)cccc21. The van der Waals surface area contributed by atoms with Crippen LogP contribution in [0.5, 0.6) is 0 Å². The van der Waals surface area contributed by atoms with Gasteiger partial charge in [-0.1, -0.05) is 44.4 Å². The molecule has 41 heavy (non-hydrogen) atoms. The normalized spacial score (nSPS) is 14.2. The number of allylic oxidation sites excluding steroid dienone is 7. The number of carbonyl (C=O) groups is 2. The zero-order valence-corrected chi connectivity index (χ0v) is 24.7. The van der Waals surface area contributed by atoms with Crippen molar-refractivity contribution >= 4 is 28.4 Å². The Balaban J connectivity index is 1.79. The molecule has 9 nitrogen and oxygen atoms in total. The molecule has 0 saturated carbocycles. The van der Waals surface area contributed by atoms with Crippen molar-refractivity contribution in [1.29, 1.82) is 0 Å².